The van der Waals surface area contributed by atoms with E-state index in [4.69, 9.17) is 13.3 Å². The molecule has 28 atom stereocenters. The van der Waals surface area contributed by atoms with E-state index in [1.54, 1.807) is 24.3 Å². The van der Waals surface area contributed by atoms with Crippen molar-refractivity contribution < 1.29 is 57.1 Å². The molecule has 0 heterocycles. The van der Waals surface area contributed by atoms with Crippen molar-refractivity contribution >= 4 is 46.5 Å². The van der Waals surface area contributed by atoms with E-state index in [0.717, 1.165) is 165 Å². The zero-order valence-corrected chi connectivity index (χ0v) is 86.5. The van der Waals surface area contributed by atoms with E-state index in [0.29, 0.717) is 71.4 Å². The highest BCUT2D eigenvalue weighted by Crippen LogP contribution is 2.65. The Morgan fingerprint density at radius 1 is 0.434 bits per heavy atom. The molecule has 700 valence electrons. The van der Waals surface area contributed by atoms with Gasteiger partial charge in [0.1, 0.15) is 5.78 Å². The molecule has 8 unspecified atom stereocenters. The molecule has 0 radical (unpaired) electrons. The lowest BCUT2D eigenvalue weighted by atomic mass is 9.51. The zero-order chi connectivity index (χ0) is 90.6. The fraction of sp³-hybridized carbons (Fsp3) is 0.885. The van der Waals surface area contributed by atoms with E-state index < -0.39 is 41.1 Å². The van der Waals surface area contributed by atoms with Gasteiger partial charge in [-0.25, -0.2) is 4.83 Å². The molecule has 0 saturated heterocycles. The minimum atomic E-state index is -3.73. The second-order valence-corrected chi connectivity index (χ2v) is 66.2. The van der Waals surface area contributed by atoms with Crippen molar-refractivity contribution in [3.63, 3.8) is 0 Å². The summed E-state index contributed by atoms with van der Waals surface area (Å²) in [4.78, 5) is 15.3. The first-order valence-corrected chi connectivity index (χ1v) is 60.0. The van der Waals surface area contributed by atoms with Gasteiger partial charge in [-0.2, -0.15) is 13.5 Å². The van der Waals surface area contributed by atoms with Gasteiger partial charge >= 0.3 is 0 Å². The molecule has 18 heteroatoms. The molecule has 12 aliphatic carbocycles. The third kappa shape index (κ3) is 21.4. The van der Waals surface area contributed by atoms with Crippen LogP contribution in [-0.4, -0.2) is 132 Å². The molecule has 1 aromatic rings. The number of hydrazone groups is 1. The van der Waals surface area contributed by atoms with Crippen molar-refractivity contribution in [3.05, 3.63) is 54.1 Å². The normalized spacial score (nSPS) is 42.3. The minimum Gasteiger partial charge on any atom is -0.417 e. The van der Waals surface area contributed by atoms with E-state index in [1.165, 1.54) is 64.2 Å². The molecule has 0 aromatic heterocycles. The fourth-order valence-corrected chi connectivity index (χ4v) is 31.1. The van der Waals surface area contributed by atoms with Crippen LogP contribution in [0, 0.1) is 139 Å². The summed E-state index contributed by atoms with van der Waals surface area (Å²) in [7, 11) is -8.95. The molecule has 13 rings (SSSR count). The SMILES string of the molecule is C[C@@]12C=CCC1[C@H](O)C([C@@]1(C)CC[C@H](O)C[C@@H]1CCO)CC2.C[C@H]1CC[C@](C)(C2CC[C@]3(C)C(=O)CCC3[C@@H]2O)[C@@H](CCO[Si](C)(C)C(C)(C)C)C1.C[C@H]1CC[C@](C)(C2CC[C@]3(C)C=CCC3[C@@H]2O)[C@@H](CCO[Si](C)(C)C(C)(C)C)C1.Cc1ccc(S(=O)(=O)NN=C2CCC3[C@H](O)C([C@@]4(C)CC[C@H](C)C[C@@H]4CCO[Si](C)(C)C(C)(C)C)CC[C@]23C)cc1. The molecule has 10 saturated carbocycles. The Morgan fingerprint density at radius 2 is 0.770 bits per heavy atom. The molecule has 1 aromatic carbocycles. The zero-order valence-electron chi connectivity index (χ0n) is 82.7. The number of hydrogen-bond acceptors (Lipinski definition) is 13. The van der Waals surface area contributed by atoms with Crippen molar-refractivity contribution in [2.75, 3.05) is 26.4 Å². The molecule has 12 aliphatic rings. The Morgan fingerprint density at radius 3 is 1.15 bits per heavy atom. The van der Waals surface area contributed by atoms with Gasteiger partial charge in [0.05, 0.1) is 35.4 Å². The summed E-state index contributed by atoms with van der Waals surface area (Å²) in [6, 6.07) is 6.83. The number of ketones is 1. The van der Waals surface area contributed by atoms with Crippen LogP contribution >= 0.6 is 0 Å². The Balaban J connectivity index is 0.000000174. The topological polar surface area (TPSA) is 225 Å². The molecule has 0 aliphatic heterocycles. The Labute approximate surface area is 749 Å². The average Bonchev–Trinajstić information content (AvgIpc) is 1.49. The molecule has 7 N–H and O–H groups in total. The smallest absolute Gasteiger partial charge is 0.276 e. The van der Waals surface area contributed by atoms with Crippen molar-refractivity contribution in [3.8, 4) is 0 Å². The second kappa shape index (κ2) is 38.7. The van der Waals surface area contributed by atoms with Crippen LogP contribution in [0.25, 0.3) is 0 Å². The number of hydrogen-bond donors (Lipinski definition) is 7. The number of carbonyl (C=O) groups is 1. The van der Waals surface area contributed by atoms with Crippen LogP contribution in [0.4, 0.5) is 0 Å². The van der Waals surface area contributed by atoms with E-state index in [9.17, 15) is 43.9 Å². The highest BCUT2D eigenvalue weighted by molar-refractivity contribution is 7.89. The summed E-state index contributed by atoms with van der Waals surface area (Å²) in [5.74, 6) is 7.18. The number of nitrogens with zero attached hydrogens (tertiary/aromatic N) is 1. The Bertz CT molecular complexity index is 3830. The lowest BCUT2D eigenvalue weighted by Gasteiger charge is -2.55. The minimum absolute atomic E-state index is 0.0469. The van der Waals surface area contributed by atoms with Gasteiger partial charge in [0.25, 0.3) is 10.0 Å². The van der Waals surface area contributed by atoms with Crippen molar-refractivity contribution in [2.45, 2.75) is 428 Å². The molecule has 14 nitrogen and oxygen atoms in total. The lowest BCUT2D eigenvalue weighted by molar-refractivity contribution is -0.143. The van der Waals surface area contributed by atoms with Gasteiger partial charge in [-0.3, -0.25) is 4.79 Å². The van der Waals surface area contributed by atoms with E-state index in [-0.39, 0.29) is 112 Å². The molecular formula is C104H184N2O12SSi3. The van der Waals surface area contributed by atoms with Gasteiger partial charge in [0.15, 0.2) is 25.0 Å². The summed E-state index contributed by atoms with van der Waals surface area (Å²) in [5, 5.41) is 70.8. The molecule has 0 bridgehead atoms. The van der Waals surface area contributed by atoms with Gasteiger partial charge < -0.3 is 43.9 Å². The Kier molecular flexibility index (Phi) is 32.4. The Hall–Kier alpha value is -1.92. The number of aliphatic hydroxyl groups excluding tert-OH is 6. The maximum absolute atomic E-state index is 12.9. The maximum atomic E-state index is 12.9. The quantitative estimate of drug-likeness (QED) is 0.0347. The van der Waals surface area contributed by atoms with Crippen LogP contribution in [-0.2, 0) is 28.1 Å². The van der Waals surface area contributed by atoms with Crippen molar-refractivity contribution in [1.29, 1.82) is 0 Å². The number of aliphatic hydroxyl groups is 6. The first-order valence-electron chi connectivity index (χ1n) is 49.8. The number of rotatable bonds is 21. The fourth-order valence-electron chi connectivity index (χ4n) is 27.1. The number of benzene rings is 1. The van der Waals surface area contributed by atoms with Gasteiger partial charge in [-0.1, -0.05) is 200 Å². The van der Waals surface area contributed by atoms with Crippen LogP contribution in [0.3, 0.4) is 0 Å². The number of carbonyl (C=O) groups excluding carboxylic acids is 1. The van der Waals surface area contributed by atoms with Crippen LogP contribution in [0.1, 0.15) is 337 Å². The first kappa shape index (κ1) is 102. The van der Waals surface area contributed by atoms with Crippen molar-refractivity contribution in [1.82, 2.24) is 4.83 Å². The van der Waals surface area contributed by atoms with E-state index in [1.807, 2.05) is 6.92 Å². The molecular weight excluding hydrogens is 1590 g/mol. The monoisotopic (exact) mass is 1770 g/mol. The van der Waals surface area contributed by atoms with Crippen LogP contribution in [0.5, 0.6) is 0 Å². The molecule has 10 fully saturated rings. The molecule has 0 spiro atoms. The number of allylic oxidation sites excluding steroid dienone is 4. The number of nitrogens with one attached hydrogen (secondary N) is 1. The van der Waals surface area contributed by atoms with Crippen LogP contribution in [0.2, 0.25) is 54.4 Å². The van der Waals surface area contributed by atoms with Gasteiger partial charge in [0, 0.05) is 49.4 Å². The highest BCUT2D eigenvalue weighted by Gasteiger charge is 2.62. The highest BCUT2D eigenvalue weighted by atomic mass is 32.2. The van der Waals surface area contributed by atoms with Crippen LogP contribution < -0.4 is 4.83 Å². The van der Waals surface area contributed by atoms with Crippen LogP contribution in [0.15, 0.2) is 58.6 Å². The standard InChI is InChI=1S/C33H56N2O4SSi.C26H48O3Si.C26H48O2Si.C19H32O3/c1-23-10-12-26(13-11-23)40(37,38)35-34-29-15-14-27-30(36)28(17-20-33(27,29)7)32(6)19-16-24(2)22-25(32)18-21-39-41(8,9)31(3,4)5;1-18-11-14-25(5,19(17-18)13-16-29-30(7,8)24(2,3)4)21-12-15-26(6)20(23(21)28)9-10-22(26)27;1-19-11-16-26(6,20(18-19)13-17-28-29(7,8)24(2,3)4)22-12-15-25(5)14-9-10-21(25)23(22)27;1-18-8-3-4-15(18)17(22)16(6-9-18)19(2)10-5-14(21)12-13(19)7-11-20/h10-13,24-25,27-28,30,35-36H,14-22H2,1-9H3;18-21,23,28H,9-17H2,1-8H3;9,14,19-23,27H,10-13,15-18H2,1-8H3;3,8,13-17,20-22H,4-7,9-12H2,1-2H3/t24-,25-,27?,28?,30-,32-,33-;18-,19-,20?,21?,23-,25-,26-;19-,20-,21?,22?,23-,25-,26-;13-,14-,15?,16?,17-,18-,19-/m0000/s1. The summed E-state index contributed by atoms with van der Waals surface area (Å²) in [5.41, 5.74) is 2.29. The number of aryl methyl sites for hydroxylation is 1. The predicted octanol–water partition coefficient (Wildman–Crippen LogP) is 24.4. The third-order valence-electron chi connectivity index (χ3n) is 39.6. The first-order chi connectivity index (χ1) is 56.3. The molecule has 122 heavy (non-hydrogen) atoms. The predicted molar refractivity (Wildman–Crippen MR) is 512 cm³/mol. The van der Waals surface area contributed by atoms with Gasteiger partial charge in [0.2, 0.25) is 0 Å². The summed E-state index contributed by atoms with van der Waals surface area (Å²) < 4.78 is 45.6. The van der Waals surface area contributed by atoms with Gasteiger partial charge in [-0.05, 0) is 362 Å². The lowest BCUT2D eigenvalue weighted by Crippen LogP contribution is -2.53. The largest absolute Gasteiger partial charge is 0.417 e. The number of fused-ring (bicyclic) bond motifs is 4. The number of Topliss-reactive ketones (excluding diaryl/α,β-unsaturated/α-hetero) is 1. The summed E-state index contributed by atoms with van der Waals surface area (Å²) >= 11 is 0. The third-order valence-corrected chi connectivity index (χ3v) is 54.4. The van der Waals surface area contributed by atoms with E-state index >= 15 is 0 Å². The summed E-state index contributed by atoms with van der Waals surface area (Å²) in [6.07, 6.45) is 39.5. The molecule has 0 amide bonds. The number of sulfonamides is 1. The second-order valence-electron chi connectivity index (χ2n) is 50.1. The average molecular weight is 1770 g/mol. The van der Waals surface area contributed by atoms with E-state index in [2.05, 4.69) is 212 Å². The van der Waals surface area contributed by atoms with Crippen molar-refractivity contribution in [2.24, 2.45) is 137 Å². The summed E-state index contributed by atoms with van der Waals surface area (Å²) in [6.45, 7) is 65.5. The van der Waals surface area contributed by atoms with Gasteiger partial charge in [-0.15, -0.1) is 0 Å². The maximum Gasteiger partial charge on any atom is 0.276 e.